The van der Waals surface area contributed by atoms with Crippen molar-refractivity contribution in [2.45, 2.75) is 72.4 Å². The molecule has 1 heterocycles. The molecule has 6 nitrogen and oxygen atoms in total. The maximum Gasteiger partial charge on any atom is 0.331 e. The van der Waals surface area contributed by atoms with Gasteiger partial charge in [-0.25, -0.2) is 4.79 Å². The Bertz CT molecular complexity index is 910. The highest BCUT2D eigenvalue weighted by Crippen LogP contribution is 2.11. The van der Waals surface area contributed by atoms with E-state index in [1.54, 1.807) is 10.6 Å². The molecule has 0 amide bonds. The van der Waals surface area contributed by atoms with Gasteiger partial charge in [0.1, 0.15) is 0 Å². The molecule has 166 valence electrons. The number of aromatic nitrogens is 2. The lowest BCUT2D eigenvalue weighted by Crippen LogP contribution is -2.42. The fourth-order valence-corrected chi connectivity index (χ4v) is 3.94. The van der Waals surface area contributed by atoms with Crippen LogP contribution in [0.15, 0.2) is 39.9 Å². The minimum atomic E-state index is -0.198. The van der Waals surface area contributed by atoms with Crippen molar-refractivity contribution in [3.63, 3.8) is 0 Å². The minimum absolute atomic E-state index is 0.0235. The van der Waals surface area contributed by atoms with E-state index in [0.717, 1.165) is 56.7 Å². The van der Waals surface area contributed by atoms with Gasteiger partial charge in [0, 0.05) is 36.1 Å². The summed E-state index contributed by atoms with van der Waals surface area (Å²) in [5.74, 6) is 0. The van der Waals surface area contributed by atoms with Crippen LogP contribution in [0, 0.1) is 0 Å². The van der Waals surface area contributed by atoms with Crippen LogP contribution in [-0.4, -0.2) is 33.7 Å². The van der Waals surface area contributed by atoms with Gasteiger partial charge in [0.25, 0.3) is 5.56 Å². The highest BCUT2D eigenvalue weighted by Gasteiger charge is 2.16. The molecular formula is C24H38N4O2. The molecule has 0 aliphatic heterocycles. The summed E-state index contributed by atoms with van der Waals surface area (Å²) in [6.45, 7) is 12.9. The fraction of sp³-hybridized carbons (Fsp3) is 0.583. The SMILES string of the molecule is CCCN(CCCc1cc(=O)n(C(C)C)c(=O)n1C(C)C)CCc1ccc(N)cc1. The summed E-state index contributed by atoms with van der Waals surface area (Å²) < 4.78 is 3.12. The van der Waals surface area contributed by atoms with E-state index in [9.17, 15) is 9.59 Å². The summed E-state index contributed by atoms with van der Waals surface area (Å²) in [6, 6.07) is 9.61. The molecule has 0 spiro atoms. The summed E-state index contributed by atoms with van der Waals surface area (Å²) in [6.07, 6.45) is 3.73. The quantitative estimate of drug-likeness (QED) is 0.570. The monoisotopic (exact) mass is 414 g/mol. The minimum Gasteiger partial charge on any atom is -0.399 e. The second kappa shape index (κ2) is 11.2. The van der Waals surface area contributed by atoms with Gasteiger partial charge in [0.2, 0.25) is 0 Å². The zero-order valence-electron chi connectivity index (χ0n) is 19.2. The second-order valence-corrected chi connectivity index (χ2v) is 8.62. The molecule has 1 aromatic carbocycles. The van der Waals surface area contributed by atoms with Crippen LogP contribution in [0.3, 0.4) is 0 Å². The van der Waals surface area contributed by atoms with E-state index in [-0.39, 0.29) is 23.3 Å². The molecular weight excluding hydrogens is 376 g/mol. The first kappa shape index (κ1) is 23.9. The number of nitrogens with two attached hydrogens (primary N) is 1. The van der Waals surface area contributed by atoms with Gasteiger partial charge < -0.3 is 10.6 Å². The van der Waals surface area contributed by atoms with Gasteiger partial charge in [-0.1, -0.05) is 19.1 Å². The Balaban J connectivity index is 2.06. The second-order valence-electron chi connectivity index (χ2n) is 8.62. The molecule has 0 unspecified atom stereocenters. The lowest BCUT2D eigenvalue weighted by Gasteiger charge is -2.23. The predicted octanol–water partition coefficient (Wildman–Crippen LogP) is 3.64. The molecule has 0 aliphatic rings. The number of benzene rings is 1. The standard InChI is InChI=1S/C24H38N4O2/c1-6-14-26(16-13-20-9-11-21(25)12-10-20)15-7-8-22-17-23(29)28(19(4)5)24(30)27(22)18(2)3/h9-12,17-19H,6-8,13-16,25H2,1-5H3. The molecule has 0 saturated carbocycles. The Morgan fingerprint density at radius 3 is 2.10 bits per heavy atom. The first-order valence-corrected chi connectivity index (χ1v) is 11.2. The zero-order valence-corrected chi connectivity index (χ0v) is 19.2. The Labute approximate surface area is 180 Å². The summed E-state index contributed by atoms with van der Waals surface area (Å²) in [7, 11) is 0. The molecule has 2 N–H and O–H groups in total. The third kappa shape index (κ3) is 6.33. The van der Waals surface area contributed by atoms with Gasteiger partial charge in [0.15, 0.2) is 0 Å². The third-order valence-corrected chi connectivity index (χ3v) is 5.43. The van der Waals surface area contributed by atoms with Gasteiger partial charge in [-0.05, 0) is 84.2 Å². The molecule has 0 bridgehead atoms. The van der Waals surface area contributed by atoms with Crippen molar-refractivity contribution in [1.29, 1.82) is 0 Å². The number of hydrogen-bond donors (Lipinski definition) is 1. The number of hydrogen-bond acceptors (Lipinski definition) is 4. The van der Waals surface area contributed by atoms with Crippen molar-refractivity contribution in [1.82, 2.24) is 14.0 Å². The van der Waals surface area contributed by atoms with E-state index >= 15 is 0 Å². The first-order valence-electron chi connectivity index (χ1n) is 11.2. The van der Waals surface area contributed by atoms with E-state index in [1.165, 1.54) is 10.1 Å². The molecule has 2 rings (SSSR count). The summed E-state index contributed by atoms with van der Waals surface area (Å²) in [4.78, 5) is 27.8. The highest BCUT2D eigenvalue weighted by molar-refractivity contribution is 5.39. The molecule has 1 aromatic heterocycles. The molecule has 30 heavy (non-hydrogen) atoms. The van der Waals surface area contributed by atoms with Crippen molar-refractivity contribution in [3.8, 4) is 0 Å². The van der Waals surface area contributed by atoms with Crippen LogP contribution in [0.25, 0.3) is 0 Å². The predicted molar refractivity (Wildman–Crippen MR) is 125 cm³/mol. The molecule has 0 fully saturated rings. The smallest absolute Gasteiger partial charge is 0.331 e. The molecule has 0 atom stereocenters. The maximum absolute atomic E-state index is 12.9. The summed E-state index contributed by atoms with van der Waals surface area (Å²) >= 11 is 0. The Morgan fingerprint density at radius 1 is 0.900 bits per heavy atom. The number of anilines is 1. The van der Waals surface area contributed by atoms with E-state index < -0.39 is 0 Å². The summed E-state index contributed by atoms with van der Waals surface area (Å²) in [5.41, 5.74) is 8.30. The average Bonchev–Trinajstić information content (AvgIpc) is 2.66. The average molecular weight is 415 g/mol. The van der Waals surface area contributed by atoms with E-state index in [0.29, 0.717) is 0 Å². The van der Waals surface area contributed by atoms with Crippen LogP contribution in [0.4, 0.5) is 5.69 Å². The van der Waals surface area contributed by atoms with Crippen LogP contribution in [0.1, 0.15) is 70.8 Å². The molecule has 2 aromatic rings. The van der Waals surface area contributed by atoms with Crippen molar-refractivity contribution in [2.24, 2.45) is 0 Å². The van der Waals surface area contributed by atoms with E-state index in [1.807, 2.05) is 39.8 Å². The number of nitrogen functional groups attached to an aromatic ring is 1. The molecule has 6 heteroatoms. The number of nitrogens with zero attached hydrogens (tertiary/aromatic N) is 3. The Morgan fingerprint density at radius 2 is 1.53 bits per heavy atom. The fourth-order valence-electron chi connectivity index (χ4n) is 3.94. The van der Waals surface area contributed by atoms with Gasteiger partial charge in [0.05, 0.1) is 0 Å². The van der Waals surface area contributed by atoms with Gasteiger partial charge in [-0.15, -0.1) is 0 Å². The van der Waals surface area contributed by atoms with Crippen molar-refractivity contribution < 1.29 is 0 Å². The van der Waals surface area contributed by atoms with Crippen LogP contribution < -0.4 is 17.0 Å². The molecule has 0 aliphatic carbocycles. The largest absolute Gasteiger partial charge is 0.399 e. The Hall–Kier alpha value is -2.34. The van der Waals surface area contributed by atoms with Crippen molar-refractivity contribution >= 4 is 5.69 Å². The van der Waals surface area contributed by atoms with Gasteiger partial charge in [-0.2, -0.15) is 0 Å². The topological polar surface area (TPSA) is 73.3 Å². The number of aryl methyl sites for hydroxylation is 1. The van der Waals surface area contributed by atoms with Crippen LogP contribution in [-0.2, 0) is 12.8 Å². The van der Waals surface area contributed by atoms with Crippen LogP contribution >= 0.6 is 0 Å². The van der Waals surface area contributed by atoms with Gasteiger partial charge in [-0.3, -0.25) is 13.9 Å². The summed E-state index contributed by atoms with van der Waals surface area (Å²) in [5, 5.41) is 0. The highest BCUT2D eigenvalue weighted by atomic mass is 16.2. The van der Waals surface area contributed by atoms with Crippen molar-refractivity contribution in [3.05, 3.63) is 62.4 Å². The van der Waals surface area contributed by atoms with Crippen molar-refractivity contribution in [2.75, 3.05) is 25.4 Å². The number of rotatable bonds is 11. The van der Waals surface area contributed by atoms with E-state index in [4.69, 9.17) is 5.73 Å². The first-order chi connectivity index (χ1) is 14.2. The Kier molecular flexibility index (Phi) is 8.90. The molecule has 0 radical (unpaired) electrons. The van der Waals surface area contributed by atoms with Crippen LogP contribution in [0.2, 0.25) is 0 Å². The lowest BCUT2D eigenvalue weighted by molar-refractivity contribution is 0.273. The normalized spacial score (nSPS) is 11.7. The lowest BCUT2D eigenvalue weighted by atomic mass is 10.1. The van der Waals surface area contributed by atoms with E-state index in [2.05, 4.69) is 24.0 Å². The molecule has 0 saturated heterocycles. The van der Waals surface area contributed by atoms with Crippen LogP contribution in [0.5, 0.6) is 0 Å². The third-order valence-electron chi connectivity index (χ3n) is 5.43. The van der Waals surface area contributed by atoms with Gasteiger partial charge >= 0.3 is 5.69 Å². The maximum atomic E-state index is 12.9. The zero-order chi connectivity index (χ0) is 22.3.